The molecule has 1 aliphatic rings. The van der Waals surface area contributed by atoms with Crippen LogP contribution in [0, 0.1) is 11.3 Å². The Bertz CT molecular complexity index is 1160. The second-order valence-electron chi connectivity index (χ2n) is 7.64. The minimum absolute atomic E-state index is 0.148. The Morgan fingerprint density at radius 1 is 1.17 bits per heavy atom. The molecule has 0 saturated heterocycles. The third-order valence-electron chi connectivity index (χ3n) is 5.36. The van der Waals surface area contributed by atoms with Crippen molar-refractivity contribution in [2.45, 2.75) is 30.6 Å². The van der Waals surface area contributed by atoms with Crippen molar-refractivity contribution >= 4 is 29.7 Å². The number of hydrogen-bond donors (Lipinski definition) is 3. The summed E-state index contributed by atoms with van der Waals surface area (Å²) in [5.41, 5.74) is 7.75. The Morgan fingerprint density at radius 2 is 1.91 bits per heavy atom. The molecule has 0 saturated carbocycles. The highest BCUT2D eigenvalue weighted by Crippen LogP contribution is 2.46. The molecule has 3 rings (SSSR count). The summed E-state index contributed by atoms with van der Waals surface area (Å²) in [5.74, 6) is -1.36. The second kappa shape index (κ2) is 11.9. The lowest BCUT2D eigenvalue weighted by molar-refractivity contribution is -0.145. The normalized spacial score (nSPS) is 17.7. The summed E-state index contributed by atoms with van der Waals surface area (Å²) in [5, 5.41) is 13.8. The lowest BCUT2D eigenvalue weighted by Gasteiger charge is -2.21. The van der Waals surface area contributed by atoms with Gasteiger partial charge in [0, 0.05) is 12.3 Å². The predicted octanol–water partition coefficient (Wildman–Crippen LogP) is 2.59. The molecule has 3 atom stereocenters. The van der Waals surface area contributed by atoms with Gasteiger partial charge >= 0.3 is 12.0 Å². The molecule has 3 amide bonds. The predicted molar refractivity (Wildman–Crippen MR) is 131 cm³/mol. The average Bonchev–Trinajstić information content (AvgIpc) is 3.20. The quantitative estimate of drug-likeness (QED) is 0.475. The van der Waals surface area contributed by atoms with Gasteiger partial charge in [-0.1, -0.05) is 54.2 Å². The number of nitriles is 1. The van der Waals surface area contributed by atoms with Crippen LogP contribution in [-0.4, -0.2) is 42.9 Å². The summed E-state index contributed by atoms with van der Waals surface area (Å²) < 4.78 is 10.3. The maximum absolute atomic E-state index is 13.1. The minimum atomic E-state index is -0.992. The van der Waals surface area contributed by atoms with E-state index in [-0.39, 0.29) is 23.6 Å². The van der Waals surface area contributed by atoms with Crippen molar-refractivity contribution in [3.63, 3.8) is 0 Å². The standard InChI is InChI=1S/C25H26N4O5S/c1-3-34-24(31)19(12-15-8-5-4-6-9-15)28-25(32)29-23(30)21-20(18(14-26)22(27)35-21)16-10-7-11-17(13-16)33-2/h4-11,13,19-21H,3,12,27H2,1-2H3,(H2,28,29,30,32)/t19-,20-,21-/m0/s1. The summed E-state index contributed by atoms with van der Waals surface area (Å²) in [6, 6.07) is 16.3. The molecule has 1 aliphatic heterocycles. The van der Waals surface area contributed by atoms with Crippen molar-refractivity contribution < 1.29 is 23.9 Å². The number of benzene rings is 2. The summed E-state index contributed by atoms with van der Waals surface area (Å²) in [4.78, 5) is 38.2. The molecule has 1 heterocycles. The van der Waals surface area contributed by atoms with E-state index >= 15 is 0 Å². The fraction of sp³-hybridized carbons (Fsp3) is 0.280. The van der Waals surface area contributed by atoms with E-state index in [9.17, 15) is 19.6 Å². The number of thioether (sulfide) groups is 1. The van der Waals surface area contributed by atoms with Crippen molar-refractivity contribution in [3.8, 4) is 11.8 Å². The Kier molecular flexibility index (Phi) is 8.75. The molecule has 0 unspecified atom stereocenters. The van der Waals surface area contributed by atoms with Gasteiger partial charge in [0.05, 0.1) is 30.4 Å². The van der Waals surface area contributed by atoms with Crippen LogP contribution in [0.1, 0.15) is 24.0 Å². The molecule has 9 nitrogen and oxygen atoms in total. The maximum atomic E-state index is 13.1. The topological polar surface area (TPSA) is 144 Å². The van der Waals surface area contributed by atoms with Crippen LogP contribution in [0.25, 0.3) is 0 Å². The molecule has 0 fully saturated rings. The van der Waals surface area contributed by atoms with Crippen LogP contribution in [0.4, 0.5) is 4.79 Å². The fourth-order valence-electron chi connectivity index (χ4n) is 3.74. The number of carbonyl (C=O) groups excluding carboxylic acids is 3. The molecular weight excluding hydrogens is 468 g/mol. The van der Waals surface area contributed by atoms with E-state index in [1.165, 1.54) is 7.11 Å². The number of carbonyl (C=O) groups is 3. The SMILES string of the molecule is CCOC(=O)[C@H](Cc1ccccc1)NC(=O)NC(=O)[C@H]1SC(N)=C(C#N)[C@@H]1c1cccc(OC)c1. The first kappa shape index (κ1) is 25.6. The van der Waals surface area contributed by atoms with Gasteiger partial charge in [0.2, 0.25) is 5.91 Å². The van der Waals surface area contributed by atoms with Crippen molar-refractivity contribution in [1.29, 1.82) is 5.26 Å². The van der Waals surface area contributed by atoms with Gasteiger partial charge in [0.15, 0.2) is 0 Å². The number of nitrogens with zero attached hydrogens (tertiary/aromatic N) is 1. The number of allylic oxidation sites excluding steroid dienone is 1. The van der Waals surface area contributed by atoms with Gasteiger partial charge in [-0.25, -0.2) is 9.59 Å². The smallest absolute Gasteiger partial charge is 0.329 e. The summed E-state index contributed by atoms with van der Waals surface area (Å²) in [7, 11) is 1.52. The number of hydrogen-bond acceptors (Lipinski definition) is 8. The Balaban J connectivity index is 1.75. The molecule has 0 radical (unpaired) electrons. The first-order valence-corrected chi connectivity index (χ1v) is 11.8. The summed E-state index contributed by atoms with van der Waals surface area (Å²) >= 11 is 1.01. The number of nitrogens with two attached hydrogens (primary N) is 1. The van der Waals surface area contributed by atoms with Crippen LogP contribution in [-0.2, 0) is 20.7 Å². The summed E-state index contributed by atoms with van der Waals surface area (Å²) in [6.45, 7) is 1.82. The molecule has 10 heteroatoms. The number of urea groups is 1. The maximum Gasteiger partial charge on any atom is 0.329 e. The van der Waals surface area contributed by atoms with Gasteiger partial charge in [-0.3, -0.25) is 10.1 Å². The number of esters is 1. The molecule has 2 aromatic rings. The van der Waals surface area contributed by atoms with Gasteiger partial charge in [-0.05, 0) is 30.2 Å². The van der Waals surface area contributed by atoms with E-state index in [2.05, 4.69) is 16.7 Å². The second-order valence-corrected chi connectivity index (χ2v) is 8.82. The highest BCUT2D eigenvalue weighted by Gasteiger charge is 2.41. The highest BCUT2D eigenvalue weighted by atomic mass is 32.2. The molecule has 4 N–H and O–H groups in total. The van der Waals surface area contributed by atoms with E-state index in [0.717, 1.165) is 17.3 Å². The average molecular weight is 495 g/mol. The van der Waals surface area contributed by atoms with Crippen molar-refractivity contribution in [3.05, 3.63) is 76.3 Å². The van der Waals surface area contributed by atoms with E-state index < -0.39 is 35.1 Å². The van der Waals surface area contributed by atoms with Gasteiger partial charge < -0.3 is 20.5 Å². The van der Waals surface area contributed by atoms with E-state index in [0.29, 0.717) is 11.3 Å². The molecule has 0 aromatic heterocycles. The third kappa shape index (κ3) is 6.33. The summed E-state index contributed by atoms with van der Waals surface area (Å²) in [6.07, 6.45) is 0.193. The van der Waals surface area contributed by atoms with Crippen LogP contribution in [0.2, 0.25) is 0 Å². The number of methoxy groups -OCH3 is 1. The van der Waals surface area contributed by atoms with Crippen molar-refractivity contribution in [1.82, 2.24) is 10.6 Å². The highest BCUT2D eigenvalue weighted by molar-refractivity contribution is 8.04. The molecule has 35 heavy (non-hydrogen) atoms. The zero-order valence-corrected chi connectivity index (χ0v) is 20.1. The number of amides is 3. The molecule has 0 bridgehead atoms. The van der Waals surface area contributed by atoms with Crippen LogP contribution < -0.4 is 21.1 Å². The molecular formula is C25H26N4O5S. The van der Waals surface area contributed by atoms with Gasteiger partial charge in [-0.15, -0.1) is 0 Å². The lowest BCUT2D eigenvalue weighted by atomic mass is 9.88. The van der Waals surface area contributed by atoms with Gasteiger partial charge in [0.25, 0.3) is 0 Å². The molecule has 0 aliphatic carbocycles. The van der Waals surface area contributed by atoms with Gasteiger partial charge in [-0.2, -0.15) is 5.26 Å². The number of ether oxygens (including phenoxy) is 2. The minimum Gasteiger partial charge on any atom is -0.497 e. The largest absolute Gasteiger partial charge is 0.497 e. The van der Waals surface area contributed by atoms with Crippen molar-refractivity contribution in [2.75, 3.05) is 13.7 Å². The molecule has 182 valence electrons. The van der Waals surface area contributed by atoms with E-state index in [1.54, 1.807) is 31.2 Å². The fourth-order valence-corrected chi connectivity index (χ4v) is 4.91. The van der Waals surface area contributed by atoms with Crippen LogP contribution in [0.15, 0.2) is 65.2 Å². The Hall–Kier alpha value is -3.97. The first-order valence-electron chi connectivity index (χ1n) is 10.9. The lowest BCUT2D eigenvalue weighted by Crippen LogP contribution is -2.51. The van der Waals surface area contributed by atoms with Crippen LogP contribution in [0.3, 0.4) is 0 Å². The Labute approximate surface area is 207 Å². The number of nitrogens with one attached hydrogen (secondary N) is 2. The van der Waals surface area contributed by atoms with Crippen LogP contribution >= 0.6 is 11.8 Å². The third-order valence-corrected chi connectivity index (χ3v) is 6.57. The molecule has 2 aromatic carbocycles. The first-order chi connectivity index (χ1) is 16.9. The van der Waals surface area contributed by atoms with Crippen molar-refractivity contribution in [2.24, 2.45) is 5.73 Å². The zero-order valence-electron chi connectivity index (χ0n) is 19.3. The zero-order chi connectivity index (χ0) is 25.4. The van der Waals surface area contributed by atoms with Gasteiger partial charge in [0.1, 0.15) is 17.0 Å². The molecule has 0 spiro atoms. The number of imide groups is 1. The Morgan fingerprint density at radius 3 is 2.57 bits per heavy atom. The monoisotopic (exact) mass is 494 g/mol. The van der Waals surface area contributed by atoms with Crippen LogP contribution in [0.5, 0.6) is 5.75 Å². The van der Waals surface area contributed by atoms with E-state index in [1.807, 2.05) is 30.3 Å². The number of rotatable bonds is 8. The van der Waals surface area contributed by atoms with E-state index in [4.69, 9.17) is 15.2 Å².